The number of pyridine rings is 1. The molecule has 1 aromatic rings. The second-order valence-electron chi connectivity index (χ2n) is 7.47. The Kier molecular flexibility index (Phi) is 6.80. The maximum Gasteiger partial charge on any atom is 0.417 e. The fourth-order valence-corrected chi connectivity index (χ4v) is 3.59. The molecule has 0 atom stereocenters. The van der Waals surface area contributed by atoms with Gasteiger partial charge in [-0.05, 0) is 25.3 Å². The number of allylic oxidation sites excluding steroid dienone is 1. The highest BCUT2D eigenvalue weighted by molar-refractivity contribution is 6.07. The molecule has 1 aromatic heterocycles. The molecule has 2 aliphatic rings. The SMILES string of the molecule is N#Cc1c(C(F)(F)F)cc(/C(C=N)=C/NC2CCN(C(=O)CN)CC2)nc1N1CCC1. The maximum atomic E-state index is 13.6. The number of rotatable bonds is 6. The first kappa shape index (κ1) is 22.6. The van der Waals surface area contributed by atoms with Crippen molar-refractivity contribution in [3.8, 4) is 6.07 Å². The van der Waals surface area contributed by atoms with E-state index < -0.39 is 17.3 Å². The molecule has 0 radical (unpaired) electrons. The minimum Gasteiger partial charge on any atom is -0.387 e. The molecule has 2 saturated heterocycles. The Labute approximate surface area is 178 Å². The van der Waals surface area contributed by atoms with E-state index >= 15 is 0 Å². The van der Waals surface area contributed by atoms with Crippen LogP contribution in [0.1, 0.15) is 36.1 Å². The average molecular weight is 435 g/mol. The first-order chi connectivity index (χ1) is 14.8. The third kappa shape index (κ3) is 4.96. The minimum atomic E-state index is -4.72. The van der Waals surface area contributed by atoms with Crippen LogP contribution in [-0.2, 0) is 11.0 Å². The van der Waals surface area contributed by atoms with Crippen LogP contribution < -0.4 is 16.0 Å². The summed E-state index contributed by atoms with van der Waals surface area (Å²) in [5.74, 6) is -0.117. The number of carbonyl (C=O) groups excluding carboxylic acids is 1. The van der Waals surface area contributed by atoms with Gasteiger partial charge in [0.1, 0.15) is 17.5 Å². The van der Waals surface area contributed by atoms with Crippen LogP contribution in [0.25, 0.3) is 5.57 Å². The Balaban J connectivity index is 1.85. The van der Waals surface area contributed by atoms with Crippen molar-refractivity contribution in [3.63, 3.8) is 0 Å². The van der Waals surface area contributed by atoms with Crippen LogP contribution in [0.15, 0.2) is 12.3 Å². The van der Waals surface area contributed by atoms with Crippen molar-refractivity contribution in [1.29, 1.82) is 10.7 Å². The van der Waals surface area contributed by atoms with Gasteiger partial charge in [-0.25, -0.2) is 4.98 Å². The number of hydrogen-bond acceptors (Lipinski definition) is 7. The van der Waals surface area contributed by atoms with Crippen molar-refractivity contribution >= 4 is 23.5 Å². The zero-order valence-electron chi connectivity index (χ0n) is 16.9. The predicted molar refractivity (Wildman–Crippen MR) is 109 cm³/mol. The van der Waals surface area contributed by atoms with E-state index in [4.69, 9.17) is 11.1 Å². The van der Waals surface area contributed by atoms with Gasteiger partial charge in [0.15, 0.2) is 0 Å². The van der Waals surface area contributed by atoms with Gasteiger partial charge in [-0.2, -0.15) is 18.4 Å². The number of amides is 1. The zero-order valence-corrected chi connectivity index (χ0v) is 16.9. The summed E-state index contributed by atoms with van der Waals surface area (Å²) < 4.78 is 40.9. The number of nitrogens with zero attached hydrogens (tertiary/aromatic N) is 4. The molecule has 0 aliphatic carbocycles. The van der Waals surface area contributed by atoms with Gasteiger partial charge in [-0.15, -0.1) is 0 Å². The molecule has 2 fully saturated rings. The number of nitriles is 1. The lowest BCUT2D eigenvalue weighted by Gasteiger charge is -2.33. The van der Waals surface area contributed by atoms with E-state index in [0.717, 1.165) is 18.7 Å². The van der Waals surface area contributed by atoms with Crippen molar-refractivity contribution < 1.29 is 18.0 Å². The molecule has 166 valence electrons. The highest BCUT2D eigenvalue weighted by Gasteiger charge is 2.37. The molecule has 0 aromatic carbocycles. The summed E-state index contributed by atoms with van der Waals surface area (Å²) in [6, 6.07) is 2.48. The molecule has 1 amide bonds. The predicted octanol–water partition coefficient (Wildman–Crippen LogP) is 1.71. The molecule has 2 aliphatic heterocycles. The van der Waals surface area contributed by atoms with Crippen LogP contribution >= 0.6 is 0 Å². The van der Waals surface area contributed by atoms with E-state index in [0.29, 0.717) is 39.0 Å². The van der Waals surface area contributed by atoms with Crippen molar-refractivity contribution in [2.75, 3.05) is 37.6 Å². The number of nitrogens with one attached hydrogen (secondary N) is 2. The molecule has 0 spiro atoms. The summed E-state index contributed by atoms with van der Waals surface area (Å²) in [7, 11) is 0. The minimum absolute atomic E-state index is 0.0000647. The van der Waals surface area contributed by atoms with E-state index in [2.05, 4.69) is 10.3 Å². The number of nitrogens with two attached hydrogens (primary N) is 1. The Bertz CT molecular complexity index is 911. The number of hydrogen-bond donors (Lipinski definition) is 3. The number of anilines is 1. The third-order valence-electron chi connectivity index (χ3n) is 5.52. The summed E-state index contributed by atoms with van der Waals surface area (Å²) in [6.45, 7) is 2.10. The van der Waals surface area contributed by atoms with Gasteiger partial charge in [-0.1, -0.05) is 0 Å². The highest BCUT2D eigenvalue weighted by Crippen LogP contribution is 2.37. The van der Waals surface area contributed by atoms with E-state index in [-0.39, 0.29) is 35.6 Å². The van der Waals surface area contributed by atoms with Crippen LogP contribution in [0.2, 0.25) is 0 Å². The topological polar surface area (TPSA) is 122 Å². The molecule has 0 unspecified atom stereocenters. The summed E-state index contributed by atoms with van der Waals surface area (Å²) in [4.78, 5) is 19.3. The molecule has 8 nitrogen and oxygen atoms in total. The second-order valence-corrected chi connectivity index (χ2v) is 7.47. The molecule has 31 heavy (non-hydrogen) atoms. The lowest BCUT2D eigenvalue weighted by molar-refractivity contribution is -0.137. The van der Waals surface area contributed by atoms with E-state index in [1.165, 1.54) is 6.20 Å². The number of carbonyl (C=O) groups is 1. The van der Waals surface area contributed by atoms with Crippen LogP contribution in [0.5, 0.6) is 0 Å². The van der Waals surface area contributed by atoms with Crippen LogP contribution in [0, 0.1) is 16.7 Å². The number of likely N-dealkylation sites (tertiary alicyclic amines) is 1. The smallest absolute Gasteiger partial charge is 0.387 e. The molecule has 4 N–H and O–H groups in total. The largest absolute Gasteiger partial charge is 0.417 e. The number of alkyl halides is 3. The van der Waals surface area contributed by atoms with E-state index in [1.807, 2.05) is 0 Å². The van der Waals surface area contributed by atoms with Gasteiger partial charge in [0.25, 0.3) is 0 Å². The molecule has 3 heterocycles. The number of halogens is 3. The van der Waals surface area contributed by atoms with Crippen molar-refractivity contribution in [2.24, 2.45) is 5.73 Å². The Hall–Kier alpha value is -3.13. The lowest BCUT2D eigenvalue weighted by Crippen LogP contribution is -2.45. The highest BCUT2D eigenvalue weighted by atomic mass is 19.4. The molecular formula is C20H24F3N7O. The monoisotopic (exact) mass is 435 g/mol. The second kappa shape index (κ2) is 9.34. The Morgan fingerprint density at radius 2 is 2.03 bits per heavy atom. The van der Waals surface area contributed by atoms with Crippen LogP contribution in [0.4, 0.5) is 19.0 Å². The quantitative estimate of drug-likeness (QED) is 0.585. The third-order valence-corrected chi connectivity index (χ3v) is 5.52. The van der Waals surface area contributed by atoms with Gasteiger partial charge in [0.05, 0.1) is 17.8 Å². The van der Waals surface area contributed by atoms with Crippen molar-refractivity contribution in [1.82, 2.24) is 15.2 Å². The van der Waals surface area contributed by atoms with Gasteiger partial charge >= 0.3 is 6.18 Å². The Morgan fingerprint density at radius 3 is 2.52 bits per heavy atom. The molecule has 0 saturated carbocycles. The maximum absolute atomic E-state index is 13.6. The number of aromatic nitrogens is 1. The first-order valence-corrected chi connectivity index (χ1v) is 10.0. The average Bonchev–Trinajstić information content (AvgIpc) is 2.72. The fourth-order valence-electron chi connectivity index (χ4n) is 3.59. The standard InChI is InChI=1S/C20H24F3N7O/c21-20(22,23)16-8-17(28-19(15(16)10-25)30-4-1-5-30)13(9-24)12-27-14-2-6-29(7-3-14)18(31)11-26/h8-9,12,14,24,27H,1-7,11,26H2/b13-12+,24-9?. The summed E-state index contributed by atoms with van der Waals surface area (Å²) in [5.41, 5.74) is 3.99. The van der Waals surface area contributed by atoms with Gasteiger partial charge < -0.3 is 26.3 Å². The van der Waals surface area contributed by atoms with E-state index in [1.54, 1.807) is 15.9 Å². The first-order valence-electron chi connectivity index (χ1n) is 10.0. The zero-order chi connectivity index (χ0) is 22.6. The van der Waals surface area contributed by atoms with Crippen molar-refractivity contribution in [3.05, 3.63) is 29.1 Å². The normalized spacial score (nSPS) is 17.7. The lowest BCUT2D eigenvalue weighted by atomic mass is 10.0. The number of piperidine rings is 1. The van der Waals surface area contributed by atoms with Crippen LogP contribution in [-0.4, -0.2) is 60.8 Å². The van der Waals surface area contributed by atoms with Crippen molar-refractivity contribution in [2.45, 2.75) is 31.5 Å². The fraction of sp³-hybridized carbons (Fsp3) is 0.500. The van der Waals surface area contributed by atoms with Gasteiger partial charge in [0.2, 0.25) is 5.91 Å². The summed E-state index contributed by atoms with van der Waals surface area (Å²) >= 11 is 0. The molecule has 11 heteroatoms. The molecule has 0 bridgehead atoms. The molecular weight excluding hydrogens is 411 g/mol. The van der Waals surface area contributed by atoms with Crippen LogP contribution in [0.3, 0.4) is 0 Å². The van der Waals surface area contributed by atoms with Gasteiger partial charge in [-0.3, -0.25) is 4.79 Å². The van der Waals surface area contributed by atoms with Gasteiger partial charge in [0, 0.05) is 50.2 Å². The van der Waals surface area contributed by atoms with E-state index in [9.17, 15) is 23.2 Å². The molecule has 3 rings (SSSR count). The summed E-state index contributed by atoms with van der Waals surface area (Å²) in [6.07, 6.45) is -0.174. The Morgan fingerprint density at radius 1 is 1.35 bits per heavy atom. The summed E-state index contributed by atoms with van der Waals surface area (Å²) in [5, 5.41) is 20.2.